The molecule has 0 bridgehead atoms. The largest absolute Gasteiger partial charge is 0.350 e. The summed E-state index contributed by atoms with van der Waals surface area (Å²) in [6, 6.07) is 10.8. The van der Waals surface area contributed by atoms with E-state index in [0.29, 0.717) is 36.4 Å². The van der Waals surface area contributed by atoms with Crippen LogP contribution in [0.4, 0.5) is 0 Å². The maximum Gasteiger partial charge on any atom is 0.261 e. The number of hydrogen-bond donors (Lipinski definition) is 1. The minimum atomic E-state index is -0.225. The molecule has 1 unspecified atom stereocenters. The first-order valence-corrected chi connectivity index (χ1v) is 10.4. The van der Waals surface area contributed by atoms with Crippen LogP contribution in [0.3, 0.4) is 0 Å². The first kappa shape index (κ1) is 18.7. The van der Waals surface area contributed by atoms with E-state index in [1.165, 1.54) is 16.7 Å². The summed E-state index contributed by atoms with van der Waals surface area (Å²) in [6.45, 7) is 2.80. The van der Waals surface area contributed by atoms with E-state index in [0.717, 1.165) is 4.88 Å². The smallest absolute Gasteiger partial charge is 0.261 e. The molecule has 3 amide bonds. The van der Waals surface area contributed by atoms with Gasteiger partial charge in [-0.15, -0.1) is 23.1 Å². The van der Waals surface area contributed by atoms with Crippen LogP contribution in [0.1, 0.15) is 38.9 Å². The Balaban J connectivity index is 1.39. The Kier molecular flexibility index (Phi) is 6.11. The molecule has 0 radical (unpaired) electrons. The molecule has 0 saturated carbocycles. The van der Waals surface area contributed by atoms with Crippen molar-refractivity contribution in [2.75, 3.05) is 12.3 Å². The number of nitrogens with zero attached hydrogens (tertiary/aromatic N) is 1. The Bertz CT molecular complexity index is 770. The van der Waals surface area contributed by atoms with Crippen molar-refractivity contribution in [2.45, 2.75) is 25.1 Å². The molecular weight excluding hydrogens is 368 g/mol. The first-order chi connectivity index (χ1) is 12.6. The second-order valence-electron chi connectivity index (χ2n) is 5.97. The van der Waals surface area contributed by atoms with E-state index in [2.05, 4.69) is 5.32 Å². The summed E-state index contributed by atoms with van der Waals surface area (Å²) in [4.78, 5) is 39.1. The van der Waals surface area contributed by atoms with E-state index in [1.807, 2.05) is 24.4 Å². The van der Waals surface area contributed by atoms with Crippen LogP contribution in [0.15, 0.2) is 41.8 Å². The molecule has 1 N–H and O–H groups in total. The van der Waals surface area contributed by atoms with Crippen molar-refractivity contribution in [2.24, 2.45) is 0 Å². The number of nitrogens with one attached hydrogen (secondary N) is 1. The van der Waals surface area contributed by atoms with Crippen LogP contribution in [-0.2, 0) is 11.3 Å². The van der Waals surface area contributed by atoms with Crippen molar-refractivity contribution in [3.63, 3.8) is 0 Å². The molecule has 7 heteroatoms. The summed E-state index contributed by atoms with van der Waals surface area (Å²) in [5.74, 6) is 0.264. The number of carbonyl (C=O) groups is 3. The van der Waals surface area contributed by atoms with Gasteiger partial charge in [-0.1, -0.05) is 18.2 Å². The second kappa shape index (κ2) is 8.51. The molecule has 5 nitrogen and oxygen atoms in total. The lowest BCUT2D eigenvalue weighted by atomic mass is 10.1. The molecule has 1 aromatic heterocycles. The maximum atomic E-state index is 12.3. The molecule has 0 fully saturated rings. The molecule has 3 rings (SSSR count). The zero-order chi connectivity index (χ0) is 18.5. The minimum Gasteiger partial charge on any atom is -0.350 e. The van der Waals surface area contributed by atoms with E-state index in [9.17, 15) is 14.4 Å². The molecule has 2 aromatic rings. The fraction of sp³-hybridized carbons (Fsp3) is 0.316. The lowest BCUT2D eigenvalue weighted by Gasteiger charge is -2.15. The van der Waals surface area contributed by atoms with Gasteiger partial charge in [0.15, 0.2) is 0 Å². The number of thiophene rings is 1. The van der Waals surface area contributed by atoms with Crippen molar-refractivity contribution in [1.82, 2.24) is 10.2 Å². The summed E-state index contributed by atoms with van der Waals surface area (Å²) >= 11 is 3.15. The van der Waals surface area contributed by atoms with Crippen LogP contribution in [-0.4, -0.2) is 40.2 Å². The molecule has 1 atom stereocenters. The van der Waals surface area contributed by atoms with Gasteiger partial charge in [-0.3, -0.25) is 19.3 Å². The molecule has 0 aliphatic carbocycles. The number of amides is 3. The number of fused-ring (bicyclic) bond motifs is 1. The normalized spacial score (nSPS) is 14.4. The highest BCUT2D eigenvalue weighted by molar-refractivity contribution is 8.00. The highest BCUT2D eigenvalue weighted by Gasteiger charge is 2.34. The molecule has 136 valence electrons. The Hall–Kier alpha value is -2.12. The van der Waals surface area contributed by atoms with Crippen LogP contribution in [0.2, 0.25) is 0 Å². The van der Waals surface area contributed by atoms with Crippen LogP contribution in [0, 0.1) is 0 Å². The average molecular weight is 389 g/mol. The van der Waals surface area contributed by atoms with Crippen LogP contribution >= 0.6 is 23.1 Å². The predicted octanol–water partition coefficient (Wildman–Crippen LogP) is 3.17. The second-order valence-corrected chi connectivity index (χ2v) is 8.45. The van der Waals surface area contributed by atoms with Gasteiger partial charge >= 0.3 is 0 Å². The topological polar surface area (TPSA) is 66.5 Å². The van der Waals surface area contributed by atoms with Gasteiger partial charge in [0.05, 0.1) is 22.9 Å². The van der Waals surface area contributed by atoms with Gasteiger partial charge in [-0.05, 0) is 42.7 Å². The third-order valence-corrected chi connectivity index (χ3v) is 6.27. The Labute approximate surface area is 160 Å². The van der Waals surface area contributed by atoms with Gasteiger partial charge in [0, 0.05) is 11.4 Å². The molecule has 1 aromatic carbocycles. The number of benzene rings is 1. The number of thioether (sulfide) groups is 1. The zero-order valence-corrected chi connectivity index (χ0v) is 16.1. The third kappa shape index (κ3) is 4.16. The van der Waals surface area contributed by atoms with Gasteiger partial charge < -0.3 is 5.32 Å². The summed E-state index contributed by atoms with van der Waals surface area (Å²) < 4.78 is 0. The van der Waals surface area contributed by atoms with E-state index >= 15 is 0 Å². The standard InChI is InChI=1S/C19H20N2O3S2/c1-13(17(22)20-12-14-6-4-10-26-14)25-11-5-9-21-18(23)15-7-2-3-8-16(15)19(21)24/h2-4,6-8,10,13H,5,9,11-12H2,1H3,(H,20,22). The molecular formula is C19H20N2O3S2. The van der Waals surface area contributed by atoms with Gasteiger partial charge in [-0.2, -0.15) is 0 Å². The van der Waals surface area contributed by atoms with E-state index in [-0.39, 0.29) is 23.0 Å². The SMILES string of the molecule is CC(SCCCN1C(=O)c2ccccc2C1=O)C(=O)NCc1cccs1. The van der Waals surface area contributed by atoms with Crippen LogP contribution in [0.5, 0.6) is 0 Å². The van der Waals surface area contributed by atoms with Gasteiger partial charge in [0.1, 0.15) is 0 Å². The molecule has 1 aliphatic heterocycles. The van der Waals surface area contributed by atoms with Gasteiger partial charge in [0.25, 0.3) is 11.8 Å². The fourth-order valence-corrected chi connectivity index (χ4v) is 4.26. The monoisotopic (exact) mass is 388 g/mol. The summed E-state index contributed by atoms with van der Waals surface area (Å²) in [6.07, 6.45) is 0.665. The average Bonchev–Trinajstić information content (AvgIpc) is 3.25. The third-order valence-electron chi connectivity index (χ3n) is 4.16. The van der Waals surface area contributed by atoms with E-state index in [1.54, 1.807) is 35.6 Å². The van der Waals surface area contributed by atoms with Crippen molar-refractivity contribution < 1.29 is 14.4 Å². The number of imide groups is 1. The molecule has 0 spiro atoms. The van der Waals surface area contributed by atoms with Crippen molar-refractivity contribution in [3.05, 3.63) is 57.8 Å². The van der Waals surface area contributed by atoms with Gasteiger partial charge in [0.2, 0.25) is 5.91 Å². The minimum absolute atomic E-state index is 0.00382. The summed E-state index contributed by atoms with van der Waals surface area (Å²) in [5.41, 5.74) is 0.956. The summed E-state index contributed by atoms with van der Waals surface area (Å²) in [7, 11) is 0. The van der Waals surface area contributed by atoms with Gasteiger partial charge in [-0.25, -0.2) is 0 Å². The van der Waals surface area contributed by atoms with Crippen molar-refractivity contribution in [3.8, 4) is 0 Å². The number of carbonyl (C=O) groups excluding carboxylic acids is 3. The highest BCUT2D eigenvalue weighted by Crippen LogP contribution is 2.23. The van der Waals surface area contributed by atoms with Crippen LogP contribution < -0.4 is 5.32 Å². The van der Waals surface area contributed by atoms with Crippen LogP contribution in [0.25, 0.3) is 0 Å². The molecule has 1 aliphatic rings. The summed E-state index contributed by atoms with van der Waals surface area (Å²) in [5, 5.41) is 4.74. The molecule has 26 heavy (non-hydrogen) atoms. The maximum absolute atomic E-state index is 12.3. The quantitative estimate of drug-likeness (QED) is 0.557. The highest BCUT2D eigenvalue weighted by atomic mass is 32.2. The van der Waals surface area contributed by atoms with Crippen molar-refractivity contribution >= 4 is 40.8 Å². The lowest BCUT2D eigenvalue weighted by molar-refractivity contribution is -0.120. The first-order valence-electron chi connectivity index (χ1n) is 8.45. The molecule has 0 saturated heterocycles. The molecule has 2 heterocycles. The fourth-order valence-electron chi connectivity index (χ4n) is 2.73. The zero-order valence-electron chi connectivity index (χ0n) is 14.4. The number of rotatable bonds is 8. The van der Waals surface area contributed by atoms with Crippen molar-refractivity contribution in [1.29, 1.82) is 0 Å². The Morgan fingerprint density at radius 1 is 1.15 bits per heavy atom. The lowest BCUT2D eigenvalue weighted by Crippen LogP contribution is -2.32. The Morgan fingerprint density at radius 2 is 1.85 bits per heavy atom. The van der Waals surface area contributed by atoms with E-state index < -0.39 is 0 Å². The predicted molar refractivity (Wildman–Crippen MR) is 105 cm³/mol. The van der Waals surface area contributed by atoms with E-state index in [4.69, 9.17) is 0 Å². The Morgan fingerprint density at radius 3 is 2.46 bits per heavy atom. The number of hydrogen-bond acceptors (Lipinski definition) is 5.